The average Bonchev–Trinajstić information content (AvgIpc) is 2.98. The molecular weight excluding hydrogens is 597 g/mol. The van der Waals surface area contributed by atoms with Crippen LogP contribution in [-0.2, 0) is 26.2 Å². The summed E-state index contributed by atoms with van der Waals surface area (Å²) in [7, 11) is -4.23. The summed E-state index contributed by atoms with van der Waals surface area (Å²) in [5.74, 6) is -0.638. The van der Waals surface area contributed by atoms with Crippen LogP contribution in [0.4, 0.5) is 5.69 Å². The van der Waals surface area contributed by atoms with Crippen LogP contribution >= 0.6 is 23.2 Å². The summed E-state index contributed by atoms with van der Waals surface area (Å²) in [5.41, 5.74) is 0.661. The predicted octanol–water partition coefficient (Wildman–Crippen LogP) is 6.31. The number of para-hydroxylation sites is 2. The van der Waals surface area contributed by atoms with Crippen LogP contribution in [0.1, 0.15) is 45.6 Å². The fourth-order valence-electron chi connectivity index (χ4n) is 4.45. The highest BCUT2D eigenvalue weighted by atomic mass is 35.5. The first kappa shape index (κ1) is 33.2. The molecule has 8 nitrogen and oxygen atoms in total. The molecule has 1 atom stereocenters. The Morgan fingerprint density at radius 3 is 2.17 bits per heavy atom. The molecular formula is C31H37Cl2N3O5S. The average molecular weight is 635 g/mol. The van der Waals surface area contributed by atoms with Crippen molar-refractivity contribution in [3.63, 3.8) is 0 Å². The molecule has 0 aliphatic rings. The molecule has 0 aliphatic heterocycles. The molecule has 42 heavy (non-hydrogen) atoms. The van der Waals surface area contributed by atoms with Gasteiger partial charge in [0.25, 0.3) is 10.0 Å². The third-order valence-corrected chi connectivity index (χ3v) is 9.13. The van der Waals surface area contributed by atoms with E-state index < -0.39 is 28.5 Å². The quantitative estimate of drug-likeness (QED) is 0.198. The molecule has 0 aliphatic carbocycles. The van der Waals surface area contributed by atoms with E-state index in [2.05, 4.69) is 5.32 Å². The van der Waals surface area contributed by atoms with E-state index in [9.17, 15) is 18.0 Å². The van der Waals surface area contributed by atoms with E-state index >= 15 is 0 Å². The SMILES string of the molecule is CCCCNC(=O)C(CC)N(Cc1c(Cl)cccc1Cl)C(=O)CN(c1ccccc1OCC)S(=O)(=O)c1ccccc1. The summed E-state index contributed by atoms with van der Waals surface area (Å²) in [4.78, 5) is 29.0. The largest absolute Gasteiger partial charge is 0.492 e. The first-order valence-electron chi connectivity index (χ1n) is 13.9. The number of ether oxygens (including phenoxy) is 1. The van der Waals surface area contributed by atoms with Gasteiger partial charge in [-0.1, -0.05) is 79.9 Å². The van der Waals surface area contributed by atoms with Gasteiger partial charge >= 0.3 is 0 Å². The summed E-state index contributed by atoms with van der Waals surface area (Å²) in [5, 5.41) is 3.56. The Labute approximate surface area is 258 Å². The van der Waals surface area contributed by atoms with Crippen LogP contribution in [-0.4, -0.2) is 50.9 Å². The number of halogens is 2. The van der Waals surface area contributed by atoms with Gasteiger partial charge in [0.2, 0.25) is 11.8 Å². The third-order valence-electron chi connectivity index (χ3n) is 6.65. The van der Waals surface area contributed by atoms with Gasteiger partial charge in [-0.25, -0.2) is 8.42 Å². The second-order valence-corrected chi connectivity index (χ2v) is 12.2. The number of amides is 2. The number of rotatable bonds is 15. The second kappa shape index (κ2) is 15.8. The van der Waals surface area contributed by atoms with Crippen molar-refractivity contribution < 1.29 is 22.7 Å². The van der Waals surface area contributed by atoms with E-state index in [1.807, 2.05) is 6.92 Å². The summed E-state index contributed by atoms with van der Waals surface area (Å²) in [6.45, 7) is 5.65. The van der Waals surface area contributed by atoms with Crippen LogP contribution in [0.2, 0.25) is 10.0 Å². The molecule has 0 heterocycles. The molecule has 0 saturated carbocycles. The molecule has 1 unspecified atom stereocenters. The smallest absolute Gasteiger partial charge is 0.264 e. The number of benzene rings is 3. The third kappa shape index (κ3) is 8.18. The van der Waals surface area contributed by atoms with Crippen molar-refractivity contribution in [1.29, 1.82) is 0 Å². The molecule has 0 spiro atoms. The molecule has 1 N–H and O–H groups in total. The molecule has 3 rings (SSSR count). The van der Waals surface area contributed by atoms with E-state index in [0.717, 1.165) is 17.1 Å². The standard InChI is InChI=1S/C31H37Cl2N3O5S/c1-4-7-20-34-31(38)27(5-2)35(21-24-25(32)16-13-17-26(24)33)30(37)22-36(28-18-11-12-19-29(28)41-6-3)42(39,40)23-14-9-8-10-15-23/h8-19,27H,4-7,20-22H2,1-3H3,(H,34,38). The summed E-state index contributed by atoms with van der Waals surface area (Å²) < 4.78 is 34.9. The van der Waals surface area contributed by atoms with Crippen molar-refractivity contribution in [2.45, 2.75) is 57.5 Å². The van der Waals surface area contributed by atoms with Crippen molar-refractivity contribution in [1.82, 2.24) is 10.2 Å². The van der Waals surface area contributed by atoms with Gasteiger partial charge in [-0.15, -0.1) is 0 Å². The molecule has 0 saturated heterocycles. The van der Waals surface area contributed by atoms with Crippen LogP contribution in [0, 0.1) is 0 Å². The van der Waals surface area contributed by atoms with Gasteiger partial charge in [0.15, 0.2) is 0 Å². The highest BCUT2D eigenvalue weighted by Crippen LogP contribution is 2.33. The first-order chi connectivity index (χ1) is 20.1. The van der Waals surface area contributed by atoms with Crippen LogP contribution in [0.25, 0.3) is 0 Å². The molecule has 226 valence electrons. The number of hydrogen-bond acceptors (Lipinski definition) is 5. The van der Waals surface area contributed by atoms with Gasteiger partial charge < -0.3 is 15.0 Å². The highest BCUT2D eigenvalue weighted by molar-refractivity contribution is 7.92. The van der Waals surface area contributed by atoms with Crippen LogP contribution in [0.5, 0.6) is 5.75 Å². The highest BCUT2D eigenvalue weighted by Gasteiger charge is 2.35. The summed E-state index contributed by atoms with van der Waals surface area (Å²) in [6.07, 6.45) is 1.96. The lowest BCUT2D eigenvalue weighted by Gasteiger charge is -2.34. The summed E-state index contributed by atoms with van der Waals surface area (Å²) in [6, 6.07) is 18.6. The number of hydrogen-bond donors (Lipinski definition) is 1. The van der Waals surface area contributed by atoms with E-state index in [1.54, 1.807) is 74.5 Å². The minimum atomic E-state index is -4.23. The van der Waals surface area contributed by atoms with Gasteiger partial charge in [-0.3, -0.25) is 13.9 Å². The molecule has 0 fully saturated rings. The van der Waals surface area contributed by atoms with Crippen molar-refractivity contribution in [3.05, 3.63) is 88.4 Å². The molecule has 3 aromatic rings. The van der Waals surface area contributed by atoms with E-state index in [1.165, 1.54) is 17.0 Å². The number of carbonyl (C=O) groups excluding carboxylic acids is 2. The Morgan fingerprint density at radius 1 is 0.905 bits per heavy atom. The number of nitrogens with one attached hydrogen (secondary N) is 1. The second-order valence-electron chi connectivity index (χ2n) is 9.52. The summed E-state index contributed by atoms with van der Waals surface area (Å²) >= 11 is 12.9. The minimum Gasteiger partial charge on any atom is -0.492 e. The fraction of sp³-hybridized carbons (Fsp3) is 0.355. The zero-order valence-corrected chi connectivity index (χ0v) is 26.4. The Hall–Kier alpha value is -3.27. The number of unbranched alkanes of at least 4 members (excludes halogenated alkanes) is 1. The lowest BCUT2D eigenvalue weighted by atomic mass is 10.1. The van der Waals surface area contributed by atoms with Gasteiger partial charge in [0, 0.05) is 28.7 Å². The maximum Gasteiger partial charge on any atom is 0.264 e. The van der Waals surface area contributed by atoms with Crippen LogP contribution in [0.15, 0.2) is 77.7 Å². The maximum absolute atomic E-state index is 14.2. The van der Waals surface area contributed by atoms with Gasteiger partial charge in [0.05, 0.1) is 17.2 Å². The Bertz CT molecular complexity index is 1430. The van der Waals surface area contributed by atoms with Gasteiger partial charge in [-0.05, 0) is 56.2 Å². The zero-order valence-electron chi connectivity index (χ0n) is 24.1. The molecule has 2 amide bonds. The van der Waals surface area contributed by atoms with Crippen molar-refractivity contribution in [3.8, 4) is 5.75 Å². The van der Waals surface area contributed by atoms with E-state index in [4.69, 9.17) is 27.9 Å². The fourth-order valence-corrected chi connectivity index (χ4v) is 6.42. The van der Waals surface area contributed by atoms with Crippen molar-refractivity contribution in [2.75, 3.05) is 24.0 Å². The Morgan fingerprint density at radius 2 is 1.55 bits per heavy atom. The minimum absolute atomic E-state index is 0.00847. The molecule has 0 bridgehead atoms. The predicted molar refractivity (Wildman–Crippen MR) is 168 cm³/mol. The van der Waals surface area contributed by atoms with Gasteiger partial charge in [-0.2, -0.15) is 0 Å². The van der Waals surface area contributed by atoms with Gasteiger partial charge in [0.1, 0.15) is 18.3 Å². The number of anilines is 1. The molecule has 0 radical (unpaired) electrons. The number of sulfonamides is 1. The normalized spacial score (nSPS) is 11.9. The Balaban J connectivity index is 2.11. The van der Waals surface area contributed by atoms with E-state index in [0.29, 0.717) is 27.9 Å². The maximum atomic E-state index is 14.2. The molecule has 3 aromatic carbocycles. The molecule has 0 aromatic heterocycles. The Kier molecular flexibility index (Phi) is 12.5. The van der Waals surface area contributed by atoms with Crippen molar-refractivity contribution >= 4 is 50.7 Å². The molecule has 11 heteroatoms. The van der Waals surface area contributed by atoms with Crippen LogP contribution < -0.4 is 14.4 Å². The van der Waals surface area contributed by atoms with Crippen LogP contribution in [0.3, 0.4) is 0 Å². The number of carbonyl (C=O) groups is 2. The first-order valence-corrected chi connectivity index (χ1v) is 16.1. The lowest BCUT2D eigenvalue weighted by molar-refractivity contribution is -0.140. The van der Waals surface area contributed by atoms with E-state index in [-0.39, 0.29) is 36.1 Å². The monoisotopic (exact) mass is 633 g/mol. The number of nitrogens with zero attached hydrogens (tertiary/aromatic N) is 2. The topological polar surface area (TPSA) is 96.0 Å². The lowest BCUT2D eigenvalue weighted by Crippen LogP contribution is -2.52. The zero-order chi connectivity index (χ0) is 30.7. The van der Waals surface area contributed by atoms with Crippen molar-refractivity contribution in [2.24, 2.45) is 0 Å².